The molecule has 3 amide bonds. The van der Waals surface area contributed by atoms with Gasteiger partial charge in [0.1, 0.15) is 0 Å². The van der Waals surface area contributed by atoms with Crippen molar-refractivity contribution >= 4 is 46.4 Å². The van der Waals surface area contributed by atoms with Crippen LogP contribution in [0.2, 0.25) is 0 Å². The van der Waals surface area contributed by atoms with Crippen molar-refractivity contribution in [3.63, 3.8) is 0 Å². The summed E-state index contributed by atoms with van der Waals surface area (Å²) >= 11 is 0. The lowest BCUT2D eigenvalue weighted by Crippen LogP contribution is -2.29. The van der Waals surface area contributed by atoms with Crippen molar-refractivity contribution < 1.29 is 24.3 Å². The summed E-state index contributed by atoms with van der Waals surface area (Å²) in [5, 5.41) is 15.6. The van der Waals surface area contributed by atoms with E-state index in [9.17, 15) is 24.3 Å². The van der Waals surface area contributed by atoms with Gasteiger partial charge in [-0.05, 0) is 60.2 Å². The normalized spacial score (nSPS) is 12.1. The van der Waals surface area contributed by atoms with Crippen LogP contribution >= 0.6 is 0 Å². The lowest BCUT2D eigenvalue weighted by atomic mass is 10.0. The minimum atomic E-state index is -1.21. The molecule has 0 atom stereocenters. The Labute approximate surface area is 240 Å². The molecule has 42 heavy (non-hydrogen) atoms. The van der Waals surface area contributed by atoms with E-state index in [-0.39, 0.29) is 27.9 Å². The molecule has 0 radical (unpaired) electrons. The van der Waals surface area contributed by atoms with E-state index in [0.717, 1.165) is 21.7 Å². The fourth-order valence-electron chi connectivity index (χ4n) is 4.90. The Morgan fingerprint density at radius 1 is 0.619 bits per heavy atom. The van der Waals surface area contributed by atoms with Crippen LogP contribution in [0.5, 0.6) is 0 Å². The van der Waals surface area contributed by atoms with Crippen LogP contribution in [0.25, 0.3) is 11.1 Å². The lowest BCUT2D eigenvalue weighted by molar-refractivity contribution is 0.0696. The fourth-order valence-corrected chi connectivity index (χ4v) is 4.90. The second kappa shape index (κ2) is 10.9. The fraction of sp³-hybridized carbons (Fsp3) is 0. The number of hydrogen-bond acceptors (Lipinski definition) is 5. The van der Waals surface area contributed by atoms with E-state index in [4.69, 9.17) is 0 Å². The van der Waals surface area contributed by atoms with Crippen LogP contribution in [-0.2, 0) is 0 Å². The first kappa shape index (κ1) is 26.2. The number of para-hydroxylation sites is 2. The molecule has 8 nitrogen and oxygen atoms in total. The monoisotopic (exact) mass is 553 g/mol. The summed E-state index contributed by atoms with van der Waals surface area (Å²) < 4.78 is 0. The molecule has 1 heterocycles. The molecule has 0 saturated heterocycles. The number of nitrogens with zero attached hydrogens (tertiary/aromatic N) is 1. The summed E-state index contributed by atoms with van der Waals surface area (Å²) in [5.74, 6) is -2.93. The number of carboxylic acids is 1. The maximum absolute atomic E-state index is 13.9. The molecule has 1 aliphatic heterocycles. The standard InChI is InChI=1S/C34H23N3O5/c38-31(36-29-14-8-7-13-25(29)21-9-3-1-4-10-21)28-20-24(16-18-30(28)35-23-11-5-2-6-12-23)37-32(39)26-17-15-22(34(41)42)19-27(26)33(37)40/h1-20,35H,(H,36,38)(H,41,42). The highest BCUT2D eigenvalue weighted by Gasteiger charge is 2.37. The van der Waals surface area contributed by atoms with Crippen LogP contribution in [0.4, 0.5) is 22.7 Å². The average Bonchev–Trinajstić information content (AvgIpc) is 3.27. The number of nitrogens with one attached hydrogen (secondary N) is 2. The SMILES string of the molecule is O=C(O)c1ccc2c(c1)C(=O)N(c1ccc(Nc3ccccc3)c(C(=O)Nc3ccccc3-c3ccccc3)c1)C2=O. The molecular formula is C34H23N3O5. The summed E-state index contributed by atoms with van der Waals surface area (Å²) in [6, 6.07) is 34.9. The zero-order valence-corrected chi connectivity index (χ0v) is 22.1. The van der Waals surface area contributed by atoms with E-state index in [1.165, 1.54) is 24.3 Å². The van der Waals surface area contributed by atoms with Gasteiger partial charge in [-0.15, -0.1) is 0 Å². The van der Waals surface area contributed by atoms with Crippen LogP contribution in [0.1, 0.15) is 41.4 Å². The number of hydrogen-bond donors (Lipinski definition) is 3. The number of aromatic carboxylic acids is 1. The maximum atomic E-state index is 13.9. The third-order valence-electron chi connectivity index (χ3n) is 6.95. The van der Waals surface area contributed by atoms with Crippen LogP contribution in [0.3, 0.4) is 0 Å². The van der Waals surface area contributed by atoms with Crippen molar-refractivity contribution in [1.29, 1.82) is 0 Å². The van der Waals surface area contributed by atoms with Gasteiger partial charge in [0.05, 0.1) is 33.6 Å². The van der Waals surface area contributed by atoms with Crippen molar-refractivity contribution in [1.82, 2.24) is 0 Å². The van der Waals surface area contributed by atoms with Crippen molar-refractivity contribution in [2.75, 3.05) is 15.5 Å². The topological polar surface area (TPSA) is 116 Å². The summed E-state index contributed by atoms with van der Waals surface area (Å²) in [6.45, 7) is 0. The summed E-state index contributed by atoms with van der Waals surface area (Å²) in [6.07, 6.45) is 0. The number of amides is 3. The molecule has 8 heteroatoms. The molecule has 5 aromatic carbocycles. The minimum absolute atomic E-state index is 0.00539. The van der Waals surface area contributed by atoms with Gasteiger partial charge in [-0.3, -0.25) is 14.4 Å². The molecule has 0 bridgehead atoms. The highest BCUT2D eigenvalue weighted by molar-refractivity contribution is 6.35. The van der Waals surface area contributed by atoms with Crippen LogP contribution in [0.15, 0.2) is 121 Å². The smallest absolute Gasteiger partial charge is 0.335 e. The number of rotatable bonds is 7. The van der Waals surface area contributed by atoms with Crippen LogP contribution in [0, 0.1) is 0 Å². The highest BCUT2D eigenvalue weighted by atomic mass is 16.4. The second-order valence-electron chi connectivity index (χ2n) is 9.60. The molecule has 6 rings (SSSR count). The first-order chi connectivity index (χ1) is 20.4. The van der Waals surface area contributed by atoms with Gasteiger partial charge < -0.3 is 15.7 Å². The minimum Gasteiger partial charge on any atom is -0.478 e. The second-order valence-corrected chi connectivity index (χ2v) is 9.60. The van der Waals surface area contributed by atoms with E-state index < -0.39 is 23.7 Å². The number of anilines is 4. The third-order valence-corrected chi connectivity index (χ3v) is 6.95. The summed E-state index contributed by atoms with van der Waals surface area (Å²) in [4.78, 5) is 52.9. The van der Waals surface area contributed by atoms with Gasteiger partial charge >= 0.3 is 5.97 Å². The number of carbonyl (C=O) groups excluding carboxylic acids is 3. The average molecular weight is 554 g/mol. The van der Waals surface area contributed by atoms with E-state index in [2.05, 4.69) is 10.6 Å². The molecular weight excluding hydrogens is 530 g/mol. The van der Waals surface area contributed by atoms with Gasteiger partial charge in [0.2, 0.25) is 0 Å². The zero-order chi connectivity index (χ0) is 29.2. The molecule has 0 unspecified atom stereocenters. The predicted octanol–water partition coefficient (Wildman–Crippen LogP) is 6.85. The Morgan fingerprint density at radius 2 is 1.29 bits per heavy atom. The van der Waals surface area contributed by atoms with E-state index in [1.807, 2.05) is 78.9 Å². The first-order valence-corrected chi connectivity index (χ1v) is 13.1. The molecule has 5 aromatic rings. The van der Waals surface area contributed by atoms with Crippen molar-refractivity contribution in [2.45, 2.75) is 0 Å². The number of carbonyl (C=O) groups is 4. The third kappa shape index (κ3) is 4.89. The maximum Gasteiger partial charge on any atom is 0.335 e. The largest absolute Gasteiger partial charge is 0.478 e. The Bertz CT molecular complexity index is 1870. The molecule has 0 aromatic heterocycles. The Hall–Kier alpha value is -6.02. The van der Waals surface area contributed by atoms with Gasteiger partial charge in [0.25, 0.3) is 17.7 Å². The van der Waals surface area contributed by atoms with Crippen molar-refractivity contribution in [2.24, 2.45) is 0 Å². The molecule has 3 N–H and O–H groups in total. The molecule has 0 saturated carbocycles. The van der Waals surface area contributed by atoms with Crippen LogP contribution in [-0.4, -0.2) is 28.8 Å². The molecule has 0 fully saturated rings. The summed E-state index contributed by atoms with van der Waals surface area (Å²) in [7, 11) is 0. The number of fused-ring (bicyclic) bond motifs is 1. The number of benzene rings is 5. The van der Waals surface area contributed by atoms with Crippen molar-refractivity contribution in [3.8, 4) is 11.1 Å². The Balaban J connectivity index is 1.40. The Kier molecular flexibility index (Phi) is 6.78. The predicted molar refractivity (Wildman–Crippen MR) is 161 cm³/mol. The van der Waals surface area contributed by atoms with Gasteiger partial charge in [-0.25, -0.2) is 9.69 Å². The number of carboxylic acid groups (broad SMARTS) is 1. The zero-order valence-electron chi connectivity index (χ0n) is 22.1. The molecule has 1 aliphatic rings. The van der Waals surface area contributed by atoms with Gasteiger partial charge in [-0.1, -0.05) is 66.7 Å². The van der Waals surface area contributed by atoms with Gasteiger partial charge in [-0.2, -0.15) is 0 Å². The quantitative estimate of drug-likeness (QED) is 0.190. The molecule has 204 valence electrons. The number of imide groups is 1. The molecule has 0 spiro atoms. The van der Waals surface area contributed by atoms with Gasteiger partial charge in [0.15, 0.2) is 0 Å². The van der Waals surface area contributed by atoms with E-state index in [0.29, 0.717) is 11.4 Å². The van der Waals surface area contributed by atoms with E-state index in [1.54, 1.807) is 18.2 Å². The Morgan fingerprint density at radius 3 is 2.02 bits per heavy atom. The van der Waals surface area contributed by atoms with E-state index >= 15 is 0 Å². The summed E-state index contributed by atoms with van der Waals surface area (Å²) in [5.41, 5.74) is 3.92. The lowest BCUT2D eigenvalue weighted by Gasteiger charge is -2.19. The highest BCUT2D eigenvalue weighted by Crippen LogP contribution is 2.34. The van der Waals surface area contributed by atoms with Crippen LogP contribution < -0.4 is 15.5 Å². The first-order valence-electron chi connectivity index (χ1n) is 13.1. The van der Waals surface area contributed by atoms with Crippen molar-refractivity contribution in [3.05, 3.63) is 144 Å². The molecule has 0 aliphatic carbocycles. The van der Waals surface area contributed by atoms with Gasteiger partial charge in [0, 0.05) is 16.9 Å².